The van der Waals surface area contributed by atoms with Crippen molar-refractivity contribution < 1.29 is 9.90 Å². The highest BCUT2D eigenvalue weighted by molar-refractivity contribution is 5.90. The fourth-order valence-corrected chi connectivity index (χ4v) is 1.33. The second-order valence-electron chi connectivity index (χ2n) is 3.07. The van der Waals surface area contributed by atoms with E-state index in [1.54, 1.807) is 4.90 Å². The molecule has 84 valence electrons. The van der Waals surface area contributed by atoms with E-state index in [4.69, 9.17) is 11.5 Å². The normalized spacial score (nSPS) is 9.50. The Hall–Kier alpha value is -2.09. The molecule has 5 heteroatoms. The van der Waals surface area contributed by atoms with Gasteiger partial charge in [-0.1, -0.05) is 0 Å². The average Bonchev–Trinajstić information content (AvgIpc) is 2.30. The van der Waals surface area contributed by atoms with E-state index >= 15 is 0 Å². The first-order valence-corrected chi connectivity index (χ1v) is 4.93. The largest absolute Gasteiger partial charge is 0.476 e. The number of carboxylic acid groups (broad SMARTS) is 1. The topological polar surface area (TPSA) is 66.3 Å². The van der Waals surface area contributed by atoms with E-state index in [-0.39, 0.29) is 5.69 Å². The molecular weight excluding hydrogens is 206 g/mol. The quantitative estimate of drug-likeness (QED) is 0.749. The number of aromatic carboxylic acids is 1. The van der Waals surface area contributed by atoms with Crippen LogP contribution in [0, 0.1) is 12.3 Å². The van der Waals surface area contributed by atoms with E-state index in [0.717, 1.165) is 0 Å². The zero-order valence-corrected chi connectivity index (χ0v) is 9.05. The van der Waals surface area contributed by atoms with Crippen molar-refractivity contribution in [3.63, 3.8) is 0 Å². The number of carboxylic acids is 1. The molecule has 0 bridgehead atoms. The van der Waals surface area contributed by atoms with Gasteiger partial charge < -0.3 is 10.0 Å². The van der Waals surface area contributed by atoms with Gasteiger partial charge in [0.1, 0.15) is 0 Å². The lowest BCUT2D eigenvalue weighted by Crippen LogP contribution is -2.27. The number of terminal acetylenes is 1. The van der Waals surface area contributed by atoms with E-state index in [2.05, 4.69) is 15.9 Å². The minimum absolute atomic E-state index is 0.0404. The molecule has 0 aromatic carbocycles. The summed E-state index contributed by atoms with van der Waals surface area (Å²) in [6, 6.07) is 0. The Morgan fingerprint density at radius 3 is 2.81 bits per heavy atom. The summed E-state index contributed by atoms with van der Waals surface area (Å²) in [5.74, 6) is 1.80. The molecule has 0 unspecified atom stereocenters. The van der Waals surface area contributed by atoms with Crippen molar-refractivity contribution in [2.24, 2.45) is 0 Å². The first-order chi connectivity index (χ1) is 7.70. The molecule has 0 radical (unpaired) electrons. The van der Waals surface area contributed by atoms with Gasteiger partial charge in [-0.25, -0.2) is 14.8 Å². The van der Waals surface area contributed by atoms with Crippen LogP contribution in [0.2, 0.25) is 0 Å². The van der Waals surface area contributed by atoms with Crippen LogP contribution in [0.3, 0.4) is 0 Å². The van der Waals surface area contributed by atoms with Gasteiger partial charge in [-0.05, 0) is 6.92 Å². The molecule has 0 saturated heterocycles. The molecule has 1 N–H and O–H groups in total. The molecule has 16 heavy (non-hydrogen) atoms. The molecule has 0 aliphatic rings. The number of anilines is 1. The number of carbonyl (C=O) groups is 1. The third-order valence-corrected chi connectivity index (χ3v) is 2.09. The molecule has 0 fully saturated rings. The zero-order valence-electron chi connectivity index (χ0n) is 9.05. The van der Waals surface area contributed by atoms with Gasteiger partial charge in [0.25, 0.3) is 0 Å². The molecule has 0 saturated carbocycles. The summed E-state index contributed by atoms with van der Waals surface area (Å²) in [5, 5.41) is 8.97. The minimum atomic E-state index is -1.08. The summed E-state index contributed by atoms with van der Waals surface area (Å²) in [6.45, 7) is 3.13. The van der Waals surface area contributed by atoms with Gasteiger partial charge in [-0.3, -0.25) is 0 Å². The van der Waals surface area contributed by atoms with Gasteiger partial charge >= 0.3 is 5.97 Å². The molecule has 1 aromatic heterocycles. The van der Waals surface area contributed by atoms with Crippen molar-refractivity contribution in [3.05, 3.63) is 18.1 Å². The summed E-state index contributed by atoms with van der Waals surface area (Å²) < 4.78 is 0. The van der Waals surface area contributed by atoms with Crippen molar-refractivity contribution in [1.29, 1.82) is 0 Å². The van der Waals surface area contributed by atoms with E-state index in [0.29, 0.717) is 25.3 Å². The van der Waals surface area contributed by atoms with Crippen LogP contribution < -0.4 is 4.90 Å². The third kappa shape index (κ3) is 2.70. The number of rotatable bonds is 5. The van der Waals surface area contributed by atoms with E-state index < -0.39 is 5.97 Å². The lowest BCUT2D eigenvalue weighted by atomic mass is 10.3. The molecule has 1 rings (SSSR count). The third-order valence-electron chi connectivity index (χ3n) is 2.09. The molecule has 1 aromatic rings. The van der Waals surface area contributed by atoms with E-state index in [1.807, 2.05) is 6.92 Å². The first-order valence-electron chi connectivity index (χ1n) is 4.93. The zero-order chi connectivity index (χ0) is 12.0. The Balaban J connectivity index is 3.00. The number of hydrogen-bond acceptors (Lipinski definition) is 4. The van der Waals surface area contributed by atoms with E-state index in [1.165, 1.54) is 12.4 Å². The predicted octanol–water partition coefficient (Wildman–Crippen LogP) is 1.02. The summed E-state index contributed by atoms with van der Waals surface area (Å²) in [6.07, 6.45) is 8.56. The molecule has 0 aliphatic heterocycles. The van der Waals surface area contributed by atoms with Crippen molar-refractivity contribution in [3.8, 4) is 12.3 Å². The van der Waals surface area contributed by atoms with Gasteiger partial charge in [0.15, 0.2) is 11.5 Å². The first kappa shape index (κ1) is 12.0. The Morgan fingerprint density at radius 2 is 2.25 bits per heavy atom. The van der Waals surface area contributed by atoms with E-state index in [9.17, 15) is 4.79 Å². The highest BCUT2D eigenvalue weighted by Crippen LogP contribution is 2.14. The summed E-state index contributed by atoms with van der Waals surface area (Å²) >= 11 is 0. The van der Waals surface area contributed by atoms with Crippen LogP contribution in [0.4, 0.5) is 5.82 Å². The highest BCUT2D eigenvalue weighted by atomic mass is 16.4. The van der Waals surface area contributed by atoms with Crippen LogP contribution in [0.15, 0.2) is 12.4 Å². The molecule has 0 amide bonds. The lowest BCUT2D eigenvalue weighted by molar-refractivity contribution is 0.0690. The Bertz CT molecular complexity index is 412. The lowest BCUT2D eigenvalue weighted by Gasteiger charge is -2.21. The van der Waals surface area contributed by atoms with Crippen molar-refractivity contribution >= 4 is 11.8 Å². The smallest absolute Gasteiger partial charge is 0.358 e. The monoisotopic (exact) mass is 219 g/mol. The predicted molar refractivity (Wildman–Crippen MR) is 60.3 cm³/mol. The van der Waals surface area contributed by atoms with Crippen molar-refractivity contribution in [1.82, 2.24) is 9.97 Å². The Kier molecular flexibility index (Phi) is 4.28. The van der Waals surface area contributed by atoms with Crippen LogP contribution in [0.1, 0.15) is 23.8 Å². The average molecular weight is 219 g/mol. The van der Waals surface area contributed by atoms with Crippen LogP contribution in [0.5, 0.6) is 0 Å². The molecule has 5 nitrogen and oxygen atoms in total. The van der Waals surface area contributed by atoms with Gasteiger partial charge in [0, 0.05) is 31.9 Å². The maximum Gasteiger partial charge on any atom is 0.358 e. The minimum Gasteiger partial charge on any atom is -0.476 e. The number of hydrogen-bond donors (Lipinski definition) is 1. The summed E-state index contributed by atoms with van der Waals surface area (Å²) in [4.78, 5) is 20.6. The highest BCUT2D eigenvalue weighted by Gasteiger charge is 2.16. The van der Waals surface area contributed by atoms with Crippen LogP contribution in [-0.2, 0) is 0 Å². The van der Waals surface area contributed by atoms with Crippen molar-refractivity contribution in [2.45, 2.75) is 13.3 Å². The second-order valence-corrected chi connectivity index (χ2v) is 3.07. The Labute approximate surface area is 94.1 Å². The second kappa shape index (κ2) is 5.71. The summed E-state index contributed by atoms with van der Waals surface area (Å²) in [7, 11) is 0. The van der Waals surface area contributed by atoms with Crippen LogP contribution in [-0.4, -0.2) is 34.1 Å². The van der Waals surface area contributed by atoms with Gasteiger partial charge in [0.2, 0.25) is 0 Å². The van der Waals surface area contributed by atoms with Gasteiger partial charge in [0.05, 0.1) is 0 Å². The SMILES string of the molecule is C#CCCN(CC)c1nccnc1C(=O)O. The maximum absolute atomic E-state index is 10.9. The van der Waals surface area contributed by atoms with Gasteiger partial charge in [-0.15, -0.1) is 12.3 Å². The molecule has 0 atom stereocenters. The fourth-order valence-electron chi connectivity index (χ4n) is 1.33. The summed E-state index contributed by atoms with van der Waals surface area (Å²) in [5.41, 5.74) is -0.0404. The fraction of sp³-hybridized carbons (Fsp3) is 0.364. The number of nitrogens with zero attached hydrogens (tertiary/aromatic N) is 3. The molecular formula is C11H13N3O2. The van der Waals surface area contributed by atoms with Crippen LogP contribution in [0.25, 0.3) is 0 Å². The van der Waals surface area contributed by atoms with Crippen LogP contribution >= 0.6 is 0 Å². The van der Waals surface area contributed by atoms with Gasteiger partial charge in [-0.2, -0.15) is 0 Å². The standard InChI is InChI=1S/C11H13N3O2/c1-3-5-8-14(4-2)10-9(11(15)16)12-6-7-13-10/h1,6-7H,4-5,8H2,2H3,(H,15,16). The molecule has 0 aliphatic carbocycles. The Morgan fingerprint density at radius 1 is 1.56 bits per heavy atom. The van der Waals surface area contributed by atoms with Crippen molar-refractivity contribution in [2.75, 3.05) is 18.0 Å². The molecule has 1 heterocycles. The molecule has 0 spiro atoms. The maximum atomic E-state index is 10.9. The number of aromatic nitrogens is 2.